The molecule has 0 saturated carbocycles. The van der Waals surface area contributed by atoms with Gasteiger partial charge in [-0.2, -0.15) is 13.2 Å². The predicted molar refractivity (Wildman–Crippen MR) is 63.3 cm³/mol. The van der Waals surface area contributed by atoms with E-state index in [-0.39, 0.29) is 6.61 Å². The van der Waals surface area contributed by atoms with Crippen LogP contribution in [-0.4, -0.2) is 17.5 Å². The third kappa shape index (κ3) is 4.22. The molecule has 1 rings (SSSR count). The van der Waals surface area contributed by atoms with Gasteiger partial charge in [0, 0.05) is 12.1 Å². The molecule has 1 aromatic rings. The highest BCUT2D eigenvalue weighted by molar-refractivity contribution is 5.90. The van der Waals surface area contributed by atoms with Gasteiger partial charge in [-0.15, -0.1) is 0 Å². The highest BCUT2D eigenvalue weighted by Crippen LogP contribution is 2.32. The van der Waals surface area contributed by atoms with Crippen LogP contribution >= 0.6 is 0 Å². The van der Waals surface area contributed by atoms with Gasteiger partial charge in [0.1, 0.15) is 0 Å². The molecule has 20 heavy (non-hydrogen) atoms. The standard InChI is InChI=1S/C12H12F3NO4/c1-2-3-4-20-11(17)8-5-9(12(13,14)15)7-10(6-8)16(18)19/h5-7H,2-4H2,1H3. The maximum absolute atomic E-state index is 12.6. The number of rotatable bonds is 5. The summed E-state index contributed by atoms with van der Waals surface area (Å²) in [5.41, 5.74) is -2.54. The lowest BCUT2D eigenvalue weighted by molar-refractivity contribution is -0.385. The van der Waals surface area contributed by atoms with Crippen LogP contribution in [0, 0.1) is 10.1 Å². The van der Waals surface area contributed by atoms with Crippen molar-refractivity contribution in [2.24, 2.45) is 0 Å². The Bertz CT molecular complexity index is 514. The third-order valence-electron chi connectivity index (χ3n) is 2.42. The molecule has 1 aromatic carbocycles. The first-order valence-corrected chi connectivity index (χ1v) is 5.79. The van der Waals surface area contributed by atoms with E-state index in [1.54, 1.807) is 0 Å². The van der Waals surface area contributed by atoms with Gasteiger partial charge in [-0.05, 0) is 12.5 Å². The highest BCUT2D eigenvalue weighted by atomic mass is 19.4. The molecule has 0 heterocycles. The molecule has 110 valence electrons. The van der Waals surface area contributed by atoms with Crippen molar-refractivity contribution in [2.45, 2.75) is 25.9 Å². The molecule has 0 spiro atoms. The molecule has 0 unspecified atom stereocenters. The van der Waals surface area contributed by atoms with Crippen molar-refractivity contribution >= 4 is 11.7 Å². The van der Waals surface area contributed by atoms with Crippen LogP contribution in [0.5, 0.6) is 0 Å². The van der Waals surface area contributed by atoms with Crippen molar-refractivity contribution in [3.8, 4) is 0 Å². The van der Waals surface area contributed by atoms with E-state index in [0.717, 1.165) is 12.5 Å². The summed E-state index contributed by atoms with van der Waals surface area (Å²) in [4.78, 5) is 21.2. The second-order valence-electron chi connectivity index (χ2n) is 4.01. The van der Waals surface area contributed by atoms with Gasteiger partial charge >= 0.3 is 12.1 Å². The van der Waals surface area contributed by atoms with Gasteiger partial charge in [-0.1, -0.05) is 13.3 Å². The molecular weight excluding hydrogens is 279 g/mol. The van der Waals surface area contributed by atoms with Crippen molar-refractivity contribution < 1.29 is 27.6 Å². The van der Waals surface area contributed by atoms with Gasteiger partial charge in [-0.3, -0.25) is 10.1 Å². The van der Waals surface area contributed by atoms with Crippen LogP contribution in [0.15, 0.2) is 18.2 Å². The Hall–Kier alpha value is -2.12. The van der Waals surface area contributed by atoms with Gasteiger partial charge in [0.25, 0.3) is 5.69 Å². The van der Waals surface area contributed by atoms with Crippen molar-refractivity contribution in [1.29, 1.82) is 0 Å². The van der Waals surface area contributed by atoms with E-state index in [1.807, 2.05) is 6.92 Å². The fourth-order valence-corrected chi connectivity index (χ4v) is 1.39. The molecule has 0 fully saturated rings. The van der Waals surface area contributed by atoms with E-state index >= 15 is 0 Å². The molecule has 0 aliphatic rings. The van der Waals surface area contributed by atoms with Crippen LogP contribution < -0.4 is 0 Å². The van der Waals surface area contributed by atoms with Crippen LogP contribution in [0.3, 0.4) is 0 Å². The summed E-state index contributed by atoms with van der Waals surface area (Å²) >= 11 is 0. The van der Waals surface area contributed by atoms with Crippen LogP contribution in [0.1, 0.15) is 35.7 Å². The Labute approximate surface area is 112 Å². The SMILES string of the molecule is CCCCOC(=O)c1cc([N+](=O)[O-])cc(C(F)(F)F)c1. The second kappa shape index (κ2) is 6.36. The molecule has 0 radical (unpaired) electrons. The van der Waals surface area contributed by atoms with Crippen molar-refractivity contribution in [3.63, 3.8) is 0 Å². The Balaban J connectivity index is 3.09. The second-order valence-corrected chi connectivity index (χ2v) is 4.01. The monoisotopic (exact) mass is 291 g/mol. The summed E-state index contributed by atoms with van der Waals surface area (Å²) in [7, 11) is 0. The number of carbonyl (C=O) groups excluding carboxylic acids is 1. The molecule has 0 aliphatic carbocycles. The van der Waals surface area contributed by atoms with E-state index in [0.29, 0.717) is 18.6 Å². The molecule has 0 bridgehead atoms. The zero-order valence-corrected chi connectivity index (χ0v) is 10.6. The third-order valence-corrected chi connectivity index (χ3v) is 2.42. The Morgan fingerprint density at radius 1 is 1.35 bits per heavy atom. The smallest absolute Gasteiger partial charge is 0.416 e. The van der Waals surface area contributed by atoms with Crippen molar-refractivity contribution in [1.82, 2.24) is 0 Å². The number of hydrogen-bond donors (Lipinski definition) is 0. The van der Waals surface area contributed by atoms with Gasteiger partial charge < -0.3 is 4.74 Å². The number of nitro benzene ring substituents is 1. The van der Waals surface area contributed by atoms with Gasteiger partial charge in [0.15, 0.2) is 0 Å². The summed E-state index contributed by atoms with van der Waals surface area (Å²) in [6, 6.07) is 1.69. The summed E-state index contributed by atoms with van der Waals surface area (Å²) < 4.78 is 42.6. The highest BCUT2D eigenvalue weighted by Gasteiger charge is 2.33. The number of benzene rings is 1. The Morgan fingerprint density at radius 3 is 2.50 bits per heavy atom. The molecule has 8 heteroatoms. The number of carbonyl (C=O) groups is 1. The Kier molecular flexibility index (Phi) is 5.06. The summed E-state index contributed by atoms with van der Waals surface area (Å²) in [5, 5.41) is 10.6. The van der Waals surface area contributed by atoms with Gasteiger partial charge in [0.05, 0.1) is 22.7 Å². The maximum atomic E-state index is 12.6. The lowest BCUT2D eigenvalue weighted by Gasteiger charge is -2.09. The lowest BCUT2D eigenvalue weighted by atomic mass is 10.1. The first-order valence-electron chi connectivity index (χ1n) is 5.79. The average Bonchev–Trinajstić information content (AvgIpc) is 2.37. The first kappa shape index (κ1) is 15.9. The minimum absolute atomic E-state index is 0.0549. The number of ether oxygens (including phenoxy) is 1. The molecule has 0 aromatic heterocycles. The average molecular weight is 291 g/mol. The van der Waals surface area contributed by atoms with E-state index in [9.17, 15) is 28.1 Å². The first-order chi connectivity index (χ1) is 9.25. The molecule has 0 amide bonds. The van der Waals surface area contributed by atoms with Gasteiger partial charge in [0.2, 0.25) is 0 Å². The molecule has 0 aliphatic heterocycles. The minimum atomic E-state index is -4.77. The fraction of sp³-hybridized carbons (Fsp3) is 0.417. The van der Waals surface area contributed by atoms with Crippen molar-refractivity contribution in [3.05, 3.63) is 39.4 Å². The number of unbranched alkanes of at least 4 members (excludes halogenated alkanes) is 1. The van der Waals surface area contributed by atoms with Crippen LogP contribution in [0.2, 0.25) is 0 Å². The van der Waals surface area contributed by atoms with Crippen LogP contribution in [0.4, 0.5) is 18.9 Å². The largest absolute Gasteiger partial charge is 0.462 e. The van der Waals surface area contributed by atoms with Crippen LogP contribution in [0.25, 0.3) is 0 Å². The van der Waals surface area contributed by atoms with Crippen LogP contribution in [-0.2, 0) is 10.9 Å². The van der Waals surface area contributed by atoms with E-state index in [2.05, 4.69) is 0 Å². The molecule has 0 N–H and O–H groups in total. The fourth-order valence-electron chi connectivity index (χ4n) is 1.39. The number of esters is 1. The van der Waals surface area contributed by atoms with E-state index in [4.69, 9.17) is 4.74 Å². The molecular formula is C12H12F3NO4. The quantitative estimate of drug-likeness (QED) is 0.360. The maximum Gasteiger partial charge on any atom is 0.416 e. The zero-order chi connectivity index (χ0) is 15.3. The number of nitrogens with zero attached hydrogens (tertiary/aromatic N) is 1. The minimum Gasteiger partial charge on any atom is -0.462 e. The van der Waals surface area contributed by atoms with Crippen molar-refractivity contribution in [2.75, 3.05) is 6.61 Å². The van der Waals surface area contributed by atoms with Gasteiger partial charge in [-0.25, -0.2) is 4.79 Å². The predicted octanol–water partition coefficient (Wildman–Crippen LogP) is 3.57. The lowest BCUT2D eigenvalue weighted by Crippen LogP contribution is -2.11. The number of alkyl halides is 3. The zero-order valence-electron chi connectivity index (χ0n) is 10.6. The summed E-state index contributed by atoms with van der Waals surface area (Å²) in [6.45, 7) is 1.91. The number of hydrogen-bond acceptors (Lipinski definition) is 4. The molecule has 0 saturated heterocycles. The number of nitro groups is 1. The van der Waals surface area contributed by atoms with E-state index < -0.39 is 33.9 Å². The number of non-ortho nitro benzene ring substituents is 1. The summed E-state index contributed by atoms with van der Waals surface area (Å²) in [6.07, 6.45) is -3.46. The molecule has 5 nitrogen and oxygen atoms in total. The normalized spacial score (nSPS) is 11.2. The Morgan fingerprint density at radius 2 is 2.00 bits per heavy atom. The van der Waals surface area contributed by atoms with E-state index in [1.165, 1.54) is 0 Å². The molecule has 0 atom stereocenters. The number of halogens is 3. The summed E-state index contributed by atoms with van der Waals surface area (Å²) in [5.74, 6) is -1.01. The topological polar surface area (TPSA) is 69.4 Å².